The Bertz CT molecular complexity index is 866. The van der Waals surface area contributed by atoms with E-state index in [4.69, 9.17) is 21.3 Å². The molecular weight excluding hydrogens is 350 g/mol. The summed E-state index contributed by atoms with van der Waals surface area (Å²) in [6, 6.07) is -0.346. The van der Waals surface area contributed by atoms with Crippen LogP contribution < -0.4 is 16.8 Å². The minimum absolute atomic E-state index is 0.0714. The zero-order valence-corrected chi connectivity index (χ0v) is 14.8. The third kappa shape index (κ3) is 3.59. The molecule has 0 bridgehead atoms. The number of nitrogen functional groups attached to an aromatic ring is 2. The number of amides is 2. The fourth-order valence-corrected chi connectivity index (χ4v) is 3.18. The van der Waals surface area contributed by atoms with Crippen molar-refractivity contribution in [1.29, 1.82) is 5.41 Å². The molecule has 2 amide bonds. The summed E-state index contributed by atoms with van der Waals surface area (Å²) < 4.78 is 5.34. The van der Waals surface area contributed by atoms with Crippen LogP contribution in [0.4, 0.5) is 17.2 Å². The number of carbonyl (C=O) groups is 2. The summed E-state index contributed by atoms with van der Waals surface area (Å²) in [6.07, 6.45) is 6.65. The van der Waals surface area contributed by atoms with Gasteiger partial charge in [-0.25, -0.2) is 9.97 Å². The molecule has 1 aliphatic heterocycles. The lowest BCUT2D eigenvalue weighted by Gasteiger charge is -2.36. The van der Waals surface area contributed by atoms with E-state index in [0.717, 1.165) is 12.6 Å². The molecule has 27 heavy (non-hydrogen) atoms. The summed E-state index contributed by atoms with van der Waals surface area (Å²) in [4.78, 5) is 34.6. The monoisotopic (exact) mass is 371 g/mol. The predicted molar refractivity (Wildman–Crippen MR) is 98.9 cm³/mol. The van der Waals surface area contributed by atoms with E-state index in [2.05, 4.69) is 15.3 Å². The number of oxazole rings is 1. The Morgan fingerprint density at radius 1 is 1.37 bits per heavy atom. The van der Waals surface area contributed by atoms with Gasteiger partial charge in [-0.1, -0.05) is 6.92 Å². The van der Waals surface area contributed by atoms with Crippen molar-refractivity contribution in [2.24, 2.45) is 5.92 Å². The maximum absolute atomic E-state index is 12.8. The number of nitrogens with zero attached hydrogens (tertiary/aromatic N) is 3. The number of piperidine rings is 1. The van der Waals surface area contributed by atoms with Crippen molar-refractivity contribution in [2.45, 2.75) is 25.8 Å². The average Bonchev–Trinajstić information content (AvgIpc) is 3.18. The minimum atomic E-state index is -0.845. The van der Waals surface area contributed by atoms with Crippen molar-refractivity contribution in [2.75, 3.05) is 23.3 Å². The lowest BCUT2D eigenvalue weighted by molar-refractivity contribution is -0.147. The highest BCUT2D eigenvalue weighted by atomic mass is 16.3. The highest BCUT2D eigenvalue weighted by Gasteiger charge is 2.36. The normalized spacial score (nSPS) is 19.5. The van der Waals surface area contributed by atoms with Crippen LogP contribution in [-0.4, -0.2) is 39.4 Å². The van der Waals surface area contributed by atoms with Crippen LogP contribution in [0.1, 0.15) is 37.1 Å². The van der Waals surface area contributed by atoms with E-state index < -0.39 is 11.8 Å². The highest BCUT2D eigenvalue weighted by molar-refractivity contribution is 6.40. The average molecular weight is 371 g/mol. The Labute approximate surface area is 155 Å². The van der Waals surface area contributed by atoms with Gasteiger partial charge < -0.3 is 31.5 Å². The topological polar surface area (TPSA) is 164 Å². The SMILES string of the molecule is C[C@@H]1CC[C@@H](c2cnco2)N(C(=O)C(=O)Nc2cnc(N)c(C=N)c2N)C1. The molecule has 3 heterocycles. The first kappa shape index (κ1) is 18.4. The van der Waals surface area contributed by atoms with Crippen LogP contribution in [0, 0.1) is 11.3 Å². The lowest BCUT2D eigenvalue weighted by Crippen LogP contribution is -2.46. The lowest BCUT2D eigenvalue weighted by atomic mass is 9.93. The van der Waals surface area contributed by atoms with Gasteiger partial charge in [0.15, 0.2) is 6.39 Å². The number of aromatic nitrogens is 2. The molecule has 10 heteroatoms. The van der Waals surface area contributed by atoms with Crippen LogP contribution in [-0.2, 0) is 9.59 Å². The van der Waals surface area contributed by atoms with Gasteiger partial charge in [0.25, 0.3) is 0 Å². The van der Waals surface area contributed by atoms with Crippen LogP contribution in [0.2, 0.25) is 0 Å². The number of nitrogens with one attached hydrogen (secondary N) is 2. The summed E-state index contributed by atoms with van der Waals surface area (Å²) in [5.41, 5.74) is 12.0. The molecule has 0 aromatic carbocycles. The summed E-state index contributed by atoms with van der Waals surface area (Å²) >= 11 is 0. The van der Waals surface area contributed by atoms with Crippen LogP contribution in [0.25, 0.3) is 0 Å². The van der Waals surface area contributed by atoms with Crippen molar-refractivity contribution in [3.8, 4) is 0 Å². The van der Waals surface area contributed by atoms with Gasteiger partial charge in [-0.15, -0.1) is 0 Å². The van der Waals surface area contributed by atoms with E-state index in [1.807, 2.05) is 6.92 Å². The number of hydrogen-bond acceptors (Lipinski definition) is 8. The molecule has 1 aliphatic rings. The Kier molecular flexibility index (Phi) is 5.06. The first-order valence-corrected chi connectivity index (χ1v) is 8.47. The summed E-state index contributed by atoms with van der Waals surface area (Å²) in [7, 11) is 0. The number of pyridine rings is 1. The molecule has 0 saturated carbocycles. The maximum Gasteiger partial charge on any atom is 0.314 e. The van der Waals surface area contributed by atoms with Crippen molar-refractivity contribution in [1.82, 2.24) is 14.9 Å². The van der Waals surface area contributed by atoms with Crippen molar-refractivity contribution >= 4 is 35.2 Å². The second-order valence-electron chi connectivity index (χ2n) is 6.54. The van der Waals surface area contributed by atoms with E-state index in [9.17, 15) is 9.59 Å². The molecule has 1 fully saturated rings. The molecule has 2 atom stereocenters. The molecular formula is C17H21N7O3. The smallest absolute Gasteiger partial charge is 0.314 e. The number of rotatable bonds is 3. The number of hydrogen-bond donors (Lipinski definition) is 4. The third-order valence-corrected chi connectivity index (χ3v) is 4.63. The Balaban J connectivity index is 1.81. The van der Waals surface area contributed by atoms with E-state index in [0.29, 0.717) is 18.7 Å². The van der Waals surface area contributed by atoms with Gasteiger partial charge in [0.05, 0.1) is 35.4 Å². The molecule has 0 aliphatic carbocycles. The van der Waals surface area contributed by atoms with E-state index in [1.54, 1.807) is 6.20 Å². The molecule has 142 valence electrons. The second kappa shape index (κ2) is 7.44. The zero-order chi connectivity index (χ0) is 19.6. The fraction of sp³-hybridized carbons (Fsp3) is 0.353. The van der Waals surface area contributed by atoms with Crippen molar-refractivity contribution in [3.63, 3.8) is 0 Å². The predicted octanol–water partition coefficient (Wildman–Crippen LogP) is 1.17. The Morgan fingerprint density at radius 2 is 2.15 bits per heavy atom. The van der Waals surface area contributed by atoms with Gasteiger partial charge in [0.2, 0.25) is 0 Å². The standard InChI is InChI=1S/C17H21N7O3/c1-9-2-3-12(13-6-21-8-27-13)24(7-9)17(26)16(25)23-11-5-22-15(20)10(4-18)14(11)19/h4-6,8-9,12,18H,2-3,7H2,1H3,(H,23,25)(H4,19,20,22)/t9-,12+/m1/s1. The highest BCUT2D eigenvalue weighted by Crippen LogP contribution is 2.33. The van der Waals surface area contributed by atoms with Crippen LogP contribution >= 0.6 is 0 Å². The number of likely N-dealkylation sites (tertiary alicyclic amines) is 1. The van der Waals surface area contributed by atoms with Crippen molar-refractivity contribution < 1.29 is 14.0 Å². The fourth-order valence-electron chi connectivity index (χ4n) is 3.18. The number of carbonyl (C=O) groups excluding carboxylic acids is 2. The van der Waals surface area contributed by atoms with Crippen molar-refractivity contribution in [3.05, 3.63) is 30.1 Å². The second-order valence-corrected chi connectivity index (χ2v) is 6.54. The molecule has 1 saturated heterocycles. The van der Waals surface area contributed by atoms with E-state index >= 15 is 0 Å². The van der Waals surface area contributed by atoms with Gasteiger partial charge >= 0.3 is 11.8 Å². The van der Waals surface area contributed by atoms with Gasteiger partial charge in [-0.2, -0.15) is 0 Å². The molecule has 0 unspecified atom stereocenters. The van der Waals surface area contributed by atoms with Gasteiger partial charge in [0, 0.05) is 12.8 Å². The van der Waals surface area contributed by atoms with Crippen LogP contribution in [0.3, 0.4) is 0 Å². The maximum atomic E-state index is 12.8. The summed E-state index contributed by atoms with van der Waals surface area (Å²) in [6.45, 7) is 2.45. The number of anilines is 3. The molecule has 10 nitrogen and oxygen atoms in total. The quantitative estimate of drug-likeness (QED) is 0.464. The van der Waals surface area contributed by atoms with Gasteiger partial charge in [-0.05, 0) is 18.8 Å². The largest absolute Gasteiger partial charge is 0.446 e. The number of nitrogens with two attached hydrogens (primary N) is 2. The summed E-state index contributed by atoms with van der Waals surface area (Å²) in [5.74, 6) is -0.669. The van der Waals surface area contributed by atoms with E-state index in [-0.39, 0.29) is 34.7 Å². The molecule has 3 rings (SSSR count). The van der Waals surface area contributed by atoms with Gasteiger partial charge in [-0.3, -0.25) is 9.59 Å². The Hall–Kier alpha value is -3.43. The first-order valence-electron chi connectivity index (χ1n) is 8.47. The first-order chi connectivity index (χ1) is 12.9. The zero-order valence-electron chi connectivity index (χ0n) is 14.8. The molecule has 6 N–H and O–H groups in total. The molecule has 0 radical (unpaired) electrons. The van der Waals surface area contributed by atoms with E-state index in [1.165, 1.54) is 17.5 Å². The minimum Gasteiger partial charge on any atom is -0.446 e. The molecule has 2 aromatic heterocycles. The van der Waals surface area contributed by atoms with Gasteiger partial charge in [0.1, 0.15) is 11.6 Å². The van der Waals surface area contributed by atoms with Crippen LogP contribution in [0.15, 0.2) is 23.2 Å². The molecule has 2 aromatic rings. The Morgan fingerprint density at radius 3 is 2.81 bits per heavy atom. The molecule has 0 spiro atoms. The third-order valence-electron chi connectivity index (χ3n) is 4.63. The van der Waals surface area contributed by atoms with Crippen LogP contribution in [0.5, 0.6) is 0 Å². The summed E-state index contributed by atoms with van der Waals surface area (Å²) in [5, 5.41) is 9.82.